The van der Waals surface area contributed by atoms with Crippen molar-refractivity contribution in [2.75, 3.05) is 5.32 Å². The summed E-state index contributed by atoms with van der Waals surface area (Å²) in [5.41, 5.74) is 4.32. The number of anilines is 1. The summed E-state index contributed by atoms with van der Waals surface area (Å²) in [4.78, 5) is 17.3. The van der Waals surface area contributed by atoms with Gasteiger partial charge in [0.15, 0.2) is 5.65 Å². The molecule has 0 aliphatic rings. The minimum Gasteiger partial charge on any atom is -0.322 e. The van der Waals surface area contributed by atoms with Crippen LogP contribution in [0.2, 0.25) is 0 Å². The number of amides is 1. The van der Waals surface area contributed by atoms with E-state index in [9.17, 15) is 4.79 Å². The van der Waals surface area contributed by atoms with Crippen LogP contribution in [0.4, 0.5) is 5.69 Å². The molecule has 0 bridgehead atoms. The minimum absolute atomic E-state index is 0.268. The third-order valence-electron chi connectivity index (χ3n) is 4.59. The molecule has 5 rings (SSSR count). The molecule has 7 nitrogen and oxygen atoms in total. The van der Waals surface area contributed by atoms with E-state index in [0.29, 0.717) is 16.9 Å². The van der Waals surface area contributed by atoms with Gasteiger partial charge in [0.25, 0.3) is 5.91 Å². The minimum atomic E-state index is -0.268. The van der Waals surface area contributed by atoms with Crippen LogP contribution in [0.15, 0.2) is 91.5 Å². The number of fused-ring (bicyclic) bond motifs is 1. The van der Waals surface area contributed by atoms with E-state index < -0.39 is 0 Å². The molecule has 0 unspecified atom stereocenters. The number of carbonyl (C=O) groups excluding carboxylic acids is 1. The van der Waals surface area contributed by atoms with E-state index in [1.165, 1.54) is 0 Å². The molecule has 0 saturated heterocycles. The zero-order chi connectivity index (χ0) is 19.6. The molecule has 0 aliphatic heterocycles. The first-order chi connectivity index (χ1) is 14.3. The van der Waals surface area contributed by atoms with Gasteiger partial charge >= 0.3 is 0 Å². The molecule has 1 N–H and O–H groups in total. The maximum Gasteiger partial charge on any atom is 0.261 e. The van der Waals surface area contributed by atoms with E-state index in [0.717, 1.165) is 16.9 Å². The molecule has 140 valence electrons. The third-order valence-corrected chi connectivity index (χ3v) is 4.59. The lowest BCUT2D eigenvalue weighted by Gasteiger charge is -2.07. The van der Waals surface area contributed by atoms with Crippen LogP contribution in [-0.2, 0) is 0 Å². The fourth-order valence-corrected chi connectivity index (χ4v) is 3.23. The van der Waals surface area contributed by atoms with Crippen molar-refractivity contribution in [2.45, 2.75) is 0 Å². The lowest BCUT2D eigenvalue weighted by Crippen LogP contribution is -2.12. The van der Waals surface area contributed by atoms with E-state index in [2.05, 4.69) is 20.5 Å². The molecule has 0 saturated carbocycles. The van der Waals surface area contributed by atoms with Crippen LogP contribution in [0.3, 0.4) is 0 Å². The van der Waals surface area contributed by atoms with Crippen molar-refractivity contribution in [1.29, 1.82) is 0 Å². The second-order valence-electron chi connectivity index (χ2n) is 6.44. The highest BCUT2D eigenvalue weighted by Gasteiger charge is 2.16. The number of nitrogens with zero attached hydrogens (tertiary/aromatic N) is 5. The van der Waals surface area contributed by atoms with Gasteiger partial charge < -0.3 is 5.32 Å². The van der Waals surface area contributed by atoms with Crippen molar-refractivity contribution < 1.29 is 4.79 Å². The summed E-state index contributed by atoms with van der Waals surface area (Å²) in [5, 5.41) is 11.5. The number of benzene rings is 2. The van der Waals surface area contributed by atoms with Gasteiger partial charge in [-0.3, -0.25) is 4.79 Å². The molecule has 5 aromatic rings. The van der Waals surface area contributed by atoms with Crippen molar-refractivity contribution in [3.05, 3.63) is 97.1 Å². The molecule has 2 aromatic carbocycles. The molecular formula is C22H16N6O. The first-order valence-corrected chi connectivity index (χ1v) is 9.09. The summed E-state index contributed by atoms with van der Waals surface area (Å²) < 4.78 is 3.42. The first-order valence-electron chi connectivity index (χ1n) is 9.09. The molecule has 0 spiro atoms. The largest absolute Gasteiger partial charge is 0.322 e. The van der Waals surface area contributed by atoms with Gasteiger partial charge in [-0.25, -0.2) is 14.2 Å². The van der Waals surface area contributed by atoms with Gasteiger partial charge in [-0.15, -0.1) is 0 Å². The predicted octanol–water partition coefficient (Wildman–Crippen LogP) is 3.83. The van der Waals surface area contributed by atoms with Gasteiger partial charge in [-0.05, 0) is 30.3 Å². The highest BCUT2D eigenvalue weighted by Crippen LogP contribution is 2.21. The van der Waals surface area contributed by atoms with Crippen molar-refractivity contribution in [1.82, 2.24) is 24.4 Å². The molecule has 1 amide bonds. The Labute approximate surface area is 166 Å². The highest BCUT2D eigenvalue weighted by molar-refractivity contribution is 6.08. The average molecular weight is 380 g/mol. The van der Waals surface area contributed by atoms with E-state index in [1.807, 2.05) is 72.9 Å². The zero-order valence-corrected chi connectivity index (χ0v) is 15.3. The summed E-state index contributed by atoms with van der Waals surface area (Å²) in [5.74, 6) is -0.268. The number of hydrogen-bond donors (Lipinski definition) is 1. The Balaban J connectivity index is 1.47. The summed E-state index contributed by atoms with van der Waals surface area (Å²) >= 11 is 0. The van der Waals surface area contributed by atoms with Crippen LogP contribution in [0.1, 0.15) is 10.4 Å². The Bertz CT molecular complexity index is 1290. The zero-order valence-electron chi connectivity index (χ0n) is 15.3. The van der Waals surface area contributed by atoms with Gasteiger partial charge in [0, 0.05) is 29.8 Å². The lowest BCUT2D eigenvalue weighted by molar-refractivity contribution is 0.102. The Kier molecular flexibility index (Phi) is 4.10. The van der Waals surface area contributed by atoms with Crippen LogP contribution in [0.5, 0.6) is 0 Å². The Morgan fingerprint density at radius 3 is 2.62 bits per heavy atom. The predicted molar refractivity (Wildman–Crippen MR) is 110 cm³/mol. The molecule has 3 aromatic heterocycles. The Morgan fingerprint density at radius 2 is 1.79 bits per heavy atom. The number of rotatable bonds is 4. The van der Waals surface area contributed by atoms with E-state index in [-0.39, 0.29) is 5.91 Å². The van der Waals surface area contributed by atoms with Crippen LogP contribution < -0.4 is 5.32 Å². The van der Waals surface area contributed by atoms with E-state index >= 15 is 0 Å². The second kappa shape index (κ2) is 7.05. The Hall–Kier alpha value is -4.26. The summed E-state index contributed by atoms with van der Waals surface area (Å²) in [7, 11) is 0. The topological polar surface area (TPSA) is 77.1 Å². The fourth-order valence-electron chi connectivity index (χ4n) is 3.23. The van der Waals surface area contributed by atoms with Gasteiger partial charge in [0.05, 0.1) is 17.6 Å². The van der Waals surface area contributed by atoms with Gasteiger partial charge in [-0.1, -0.05) is 36.4 Å². The highest BCUT2D eigenvalue weighted by atomic mass is 16.1. The molecule has 7 heteroatoms. The fraction of sp³-hybridized carbons (Fsp3) is 0. The normalized spacial score (nSPS) is 10.9. The van der Waals surface area contributed by atoms with Crippen LogP contribution >= 0.6 is 0 Å². The quantitative estimate of drug-likeness (QED) is 0.514. The standard InChI is InChI=1S/C22H16N6O/c29-22(26-17-8-4-9-18(14-17)27-13-5-11-24-27)19-15-25-28-20(10-12-23-21(19)28)16-6-2-1-3-7-16/h1-15H,(H,26,29). The van der Waals surface area contributed by atoms with Crippen LogP contribution in [0.25, 0.3) is 22.6 Å². The first kappa shape index (κ1) is 16.9. The number of carbonyl (C=O) groups is 1. The number of aromatic nitrogens is 5. The maximum absolute atomic E-state index is 12.9. The molecule has 29 heavy (non-hydrogen) atoms. The average Bonchev–Trinajstić information content (AvgIpc) is 3.44. The number of hydrogen-bond acceptors (Lipinski definition) is 4. The molecule has 0 fully saturated rings. The lowest BCUT2D eigenvalue weighted by atomic mass is 10.1. The summed E-state index contributed by atoms with van der Waals surface area (Å²) in [6.45, 7) is 0. The van der Waals surface area contributed by atoms with E-state index in [4.69, 9.17) is 0 Å². The van der Waals surface area contributed by atoms with Gasteiger partial charge in [-0.2, -0.15) is 10.2 Å². The van der Waals surface area contributed by atoms with Crippen LogP contribution in [0, 0.1) is 0 Å². The van der Waals surface area contributed by atoms with Crippen LogP contribution in [-0.4, -0.2) is 30.3 Å². The van der Waals surface area contributed by atoms with Gasteiger partial charge in [0.2, 0.25) is 0 Å². The SMILES string of the molecule is O=C(Nc1cccc(-n2cccn2)c1)c1cnn2c(-c3ccccc3)ccnc12. The summed E-state index contributed by atoms with van der Waals surface area (Å²) in [6, 6.07) is 21.1. The molecule has 3 heterocycles. The molecule has 0 atom stereocenters. The monoisotopic (exact) mass is 380 g/mol. The maximum atomic E-state index is 12.9. The number of nitrogens with one attached hydrogen (secondary N) is 1. The molecular weight excluding hydrogens is 364 g/mol. The van der Waals surface area contributed by atoms with Gasteiger partial charge in [0.1, 0.15) is 5.56 Å². The summed E-state index contributed by atoms with van der Waals surface area (Å²) in [6.07, 6.45) is 6.79. The third kappa shape index (κ3) is 3.14. The molecule has 0 radical (unpaired) electrons. The van der Waals surface area contributed by atoms with Crippen molar-refractivity contribution in [3.63, 3.8) is 0 Å². The second-order valence-corrected chi connectivity index (χ2v) is 6.44. The van der Waals surface area contributed by atoms with Crippen molar-refractivity contribution >= 4 is 17.2 Å². The van der Waals surface area contributed by atoms with E-state index in [1.54, 1.807) is 27.8 Å². The smallest absolute Gasteiger partial charge is 0.261 e. The van der Waals surface area contributed by atoms with Crippen molar-refractivity contribution in [3.8, 4) is 16.9 Å². The van der Waals surface area contributed by atoms with Crippen molar-refractivity contribution in [2.24, 2.45) is 0 Å². The Morgan fingerprint density at radius 1 is 0.897 bits per heavy atom. The molecule has 0 aliphatic carbocycles.